The number of rotatable bonds is 5. The minimum Gasteiger partial charge on any atom is -0.364 e. The summed E-state index contributed by atoms with van der Waals surface area (Å²) in [7, 11) is 0. The second kappa shape index (κ2) is 5.26. The Labute approximate surface area is 88.3 Å². The molecule has 0 aliphatic heterocycles. The molecule has 0 spiro atoms. The van der Waals surface area contributed by atoms with Gasteiger partial charge in [0.15, 0.2) is 0 Å². The summed E-state index contributed by atoms with van der Waals surface area (Å²) in [4.78, 5) is 4.24. The van der Waals surface area contributed by atoms with Crippen molar-refractivity contribution in [3.05, 3.63) is 48.1 Å². The summed E-state index contributed by atoms with van der Waals surface area (Å²) in [6, 6.07) is 7.80. The first-order valence-electron chi connectivity index (χ1n) is 4.95. The second-order valence-electron chi connectivity index (χ2n) is 3.24. The molecule has 0 bridgehead atoms. The molecule has 0 aliphatic rings. The Balaban J connectivity index is 1.68. The zero-order valence-electron chi connectivity index (χ0n) is 8.39. The van der Waals surface area contributed by atoms with Crippen LogP contribution in [0.5, 0.6) is 0 Å². The van der Waals surface area contributed by atoms with Gasteiger partial charge in [-0.25, -0.2) is 0 Å². The summed E-state index contributed by atoms with van der Waals surface area (Å²) in [5.74, 6) is 0. The van der Waals surface area contributed by atoms with Gasteiger partial charge < -0.3 is 9.84 Å². The van der Waals surface area contributed by atoms with Crippen molar-refractivity contribution < 1.29 is 4.52 Å². The van der Waals surface area contributed by atoms with Gasteiger partial charge >= 0.3 is 0 Å². The molecule has 0 fully saturated rings. The predicted molar refractivity (Wildman–Crippen MR) is 56.2 cm³/mol. The fraction of sp³-hybridized carbons (Fsp3) is 0.273. The van der Waals surface area contributed by atoms with Crippen molar-refractivity contribution in [1.82, 2.24) is 15.5 Å². The van der Waals surface area contributed by atoms with Gasteiger partial charge in [-0.05, 0) is 12.1 Å². The number of pyridine rings is 1. The molecule has 2 aromatic rings. The van der Waals surface area contributed by atoms with Crippen LogP contribution in [0, 0.1) is 0 Å². The maximum Gasteiger partial charge on any atom is 0.124 e. The quantitative estimate of drug-likeness (QED) is 0.746. The molecule has 0 radical (unpaired) electrons. The monoisotopic (exact) mass is 203 g/mol. The molecule has 15 heavy (non-hydrogen) atoms. The molecule has 78 valence electrons. The molecule has 0 aromatic carbocycles. The second-order valence-corrected chi connectivity index (χ2v) is 3.24. The van der Waals surface area contributed by atoms with Crippen LogP contribution in [0.25, 0.3) is 0 Å². The van der Waals surface area contributed by atoms with Gasteiger partial charge in [-0.15, -0.1) is 0 Å². The SMILES string of the molecule is c1ccc(CCNCc2ccon2)nc1. The summed E-state index contributed by atoms with van der Waals surface area (Å²) in [6.45, 7) is 1.63. The van der Waals surface area contributed by atoms with Crippen LogP contribution in [0.15, 0.2) is 41.2 Å². The maximum absolute atomic E-state index is 4.73. The molecule has 0 atom stereocenters. The van der Waals surface area contributed by atoms with Crippen LogP contribution in [0.2, 0.25) is 0 Å². The molecule has 0 unspecified atom stereocenters. The molecular formula is C11H13N3O. The molecule has 0 saturated carbocycles. The Hall–Kier alpha value is -1.68. The highest BCUT2D eigenvalue weighted by Gasteiger charge is 1.96. The molecule has 1 N–H and O–H groups in total. The van der Waals surface area contributed by atoms with Crippen LogP contribution in [0.3, 0.4) is 0 Å². The zero-order valence-corrected chi connectivity index (χ0v) is 8.39. The van der Waals surface area contributed by atoms with Crippen molar-refractivity contribution in [3.8, 4) is 0 Å². The van der Waals surface area contributed by atoms with Gasteiger partial charge in [-0.2, -0.15) is 0 Å². The molecule has 0 amide bonds. The average Bonchev–Trinajstić information content (AvgIpc) is 2.79. The van der Waals surface area contributed by atoms with Gasteiger partial charge in [-0.1, -0.05) is 11.2 Å². The summed E-state index contributed by atoms with van der Waals surface area (Å²) >= 11 is 0. The van der Waals surface area contributed by atoms with Crippen LogP contribution in [-0.2, 0) is 13.0 Å². The van der Waals surface area contributed by atoms with Gasteiger partial charge in [-0.3, -0.25) is 4.98 Å². The van der Waals surface area contributed by atoms with E-state index in [-0.39, 0.29) is 0 Å². The highest BCUT2D eigenvalue weighted by molar-refractivity contribution is 5.03. The fourth-order valence-electron chi connectivity index (χ4n) is 1.31. The van der Waals surface area contributed by atoms with Crippen molar-refractivity contribution in [3.63, 3.8) is 0 Å². The smallest absolute Gasteiger partial charge is 0.124 e. The molecule has 2 rings (SSSR count). The van der Waals surface area contributed by atoms with E-state index in [1.807, 2.05) is 30.5 Å². The number of nitrogens with zero attached hydrogens (tertiary/aromatic N) is 2. The van der Waals surface area contributed by atoms with Crippen LogP contribution >= 0.6 is 0 Å². The summed E-state index contributed by atoms with van der Waals surface area (Å²) < 4.78 is 4.73. The molecule has 4 nitrogen and oxygen atoms in total. The van der Waals surface area contributed by atoms with Crippen LogP contribution in [0.4, 0.5) is 0 Å². The third-order valence-electron chi connectivity index (χ3n) is 2.08. The van der Waals surface area contributed by atoms with Crippen LogP contribution in [-0.4, -0.2) is 16.7 Å². The summed E-state index contributed by atoms with van der Waals surface area (Å²) in [5.41, 5.74) is 2.03. The van der Waals surface area contributed by atoms with Crippen molar-refractivity contribution in [2.24, 2.45) is 0 Å². The first-order chi connectivity index (χ1) is 7.45. The zero-order chi connectivity index (χ0) is 10.3. The minimum atomic E-state index is 0.739. The number of nitrogens with one attached hydrogen (secondary N) is 1. The van der Waals surface area contributed by atoms with Crippen molar-refractivity contribution >= 4 is 0 Å². The molecule has 0 aliphatic carbocycles. The number of hydrogen-bond acceptors (Lipinski definition) is 4. The fourth-order valence-corrected chi connectivity index (χ4v) is 1.31. The Morgan fingerprint density at radius 2 is 2.20 bits per heavy atom. The van der Waals surface area contributed by atoms with Gasteiger partial charge in [0.1, 0.15) is 6.26 Å². The van der Waals surface area contributed by atoms with Gasteiger partial charge in [0.05, 0.1) is 5.69 Å². The van der Waals surface area contributed by atoms with E-state index in [0.717, 1.165) is 30.9 Å². The Kier molecular flexibility index (Phi) is 3.46. The van der Waals surface area contributed by atoms with E-state index >= 15 is 0 Å². The summed E-state index contributed by atoms with van der Waals surface area (Å²) in [5, 5.41) is 7.08. The minimum absolute atomic E-state index is 0.739. The van der Waals surface area contributed by atoms with E-state index in [9.17, 15) is 0 Å². The van der Waals surface area contributed by atoms with Crippen molar-refractivity contribution in [2.45, 2.75) is 13.0 Å². The molecular weight excluding hydrogens is 190 g/mol. The summed E-state index contributed by atoms with van der Waals surface area (Å²) in [6.07, 6.45) is 4.32. The Morgan fingerprint density at radius 1 is 1.20 bits per heavy atom. The van der Waals surface area contributed by atoms with E-state index in [4.69, 9.17) is 4.52 Å². The average molecular weight is 203 g/mol. The van der Waals surface area contributed by atoms with E-state index < -0.39 is 0 Å². The number of hydrogen-bond donors (Lipinski definition) is 1. The predicted octanol–water partition coefficient (Wildman–Crippen LogP) is 1.40. The van der Waals surface area contributed by atoms with Crippen molar-refractivity contribution in [1.29, 1.82) is 0 Å². The van der Waals surface area contributed by atoms with E-state index in [0.29, 0.717) is 0 Å². The lowest BCUT2D eigenvalue weighted by atomic mass is 10.3. The molecule has 2 aromatic heterocycles. The maximum atomic E-state index is 4.73. The lowest BCUT2D eigenvalue weighted by Gasteiger charge is -2.01. The lowest BCUT2D eigenvalue weighted by molar-refractivity contribution is 0.408. The standard InChI is InChI=1S/C11H13N3O/c1-2-6-13-10(3-1)4-7-12-9-11-5-8-15-14-11/h1-3,5-6,8,12H,4,7,9H2. The number of aromatic nitrogens is 2. The molecule has 0 saturated heterocycles. The molecule has 2 heterocycles. The lowest BCUT2D eigenvalue weighted by Crippen LogP contribution is -2.17. The van der Waals surface area contributed by atoms with E-state index in [2.05, 4.69) is 15.5 Å². The third kappa shape index (κ3) is 3.18. The highest BCUT2D eigenvalue weighted by Crippen LogP contribution is 1.95. The van der Waals surface area contributed by atoms with E-state index in [1.165, 1.54) is 0 Å². The topological polar surface area (TPSA) is 51.0 Å². The van der Waals surface area contributed by atoms with Gasteiger partial charge in [0.2, 0.25) is 0 Å². The Bertz CT molecular complexity index is 372. The van der Waals surface area contributed by atoms with Crippen LogP contribution < -0.4 is 5.32 Å². The van der Waals surface area contributed by atoms with Crippen molar-refractivity contribution in [2.75, 3.05) is 6.54 Å². The van der Waals surface area contributed by atoms with Gasteiger partial charge in [0.25, 0.3) is 0 Å². The largest absolute Gasteiger partial charge is 0.364 e. The van der Waals surface area contributed by atoms with Gasteiger partial charge in [0, 0.05) is 37.5 Å². The van der Waals surface area contributed by atoms with E-state index in [1.54, 1.807) is 6.26 Å². The highest BCUT2D eigenvalue weighted by atomic mass is 16.5. The van der Waals surface area contributed by atoms with Crippen LogP contribution in [0.1, 0.15) is 11.4 Å². The first-order valence-corrected chi connectivity index (χ1v) is 4.95. The normalized spacial score (nSPS) is 10.4. The first kappa shape index (κ1) is 9.86. The molecule has 4 heteroatoms. The third-order valence-corrected chi connectivity index (χ3v) is 2.08. The Morgan fingerprint density at radius 3 is 2.93 bits per heavy atom.